The number of hydrogen-bond donors (Lipinski definition) is 4. The number of carbonyl (C=O) groups excluding carboxylic acids is 4. The molecule has 0 aliphatic carbocycles. The van der Waals surface area contributed by atoms with Crippen molar-refractivity contribution in [2.45, 2.75) is 111 Å². The molecule has 2 unspecified atom stereocenters. The number of aromatic nitrogens is 4. The summed E-state index contributed by atoms with van der Waals surface area (Å²) in [5.41, 5.74) is 2.02. The number of carbonyl (C=O) groups is 4. The minimum atomic E-state index is -0.188. The predicted octanol–water partition coefficient (Wildman–Crippen LogP) is 3.65. The average Bonchev–Trinajstić information content (AvgIpc) is 3.70. The molecule has 4 heterocycles. The summed E-state index contributed by atoms with van der Waals surface area (Å²) in [6.07, 6.45) is 7.45. The third-order valence-electron chi connectivity index (χ3n) is 7.51. The molecule has 4 N–H and O–H groups in total. The number of nitrogens with one attached hydrogen (secondary N) is 4. The van der Waals surface area contributed by atoms with E-state index < -0.39 is 0 Å². The van der Waals surface area contributed by atoms with Gasteiger partial charge >= 0.3 is 0 Å². The molecule has 0 bridgehead atoms. The highest BCUT2D eigenvalue weighted by molar-refractivity contribution is 5.84. The number of likely N-dealkylation sites (tertiary alicyclic amines) is 2. The number of rotatable bonds is 6. The number of hydrogen-bond acceptors (Lipinski definition) is 6. The van der Waals surface area contributed by atoms with Crippen LogP contribution in [0, 0.1) is 0 Å². The largest absolute Gasteiger partial charge is 0.347 e. The monoisotopic (exact) mass is 600 g/mol. The lowest BCUT2D eigenvalue weighted by Gasteiger charge is -2.24. The van der Waals surface area contributed by atoms with Gasteiger partial charge in [0, 0.05) is 49.7 Å². The number of aromatic amines is 2. The van der Waals surface area contributed by atoms with Crippen LogP contribution in [0.3, 0.4) is 0 Å². The van der Waals surface area contributed by atoms with Crippen LogP contribution < -0.4 is 10.6 Å². The molecule has 0 aromatic carbocycles. The molecule has 2 fully saturated rings. The molecule has 0 radical (unpaired) electrons. The van der Waals surface area contributed by atoms with Crippen molar-refractivity contribution in [3.8, 4) is 0 Å². The smallest absolute Gasteiger partial charge is 0.242 e. The summed E-state index contributed by atoms with van der Waals surface area (Å²) in [4.78, 5) is 65.5. The summed E-state index contributed by atoms with van der Waals surface area (Å²) in [6.45, 7) is 17.1. The third kappa shape index (κ3) is 9.65. The van der Waals surface area contributed by atoms with Gasteiger partial charge < -0.3 is 30.4 Å². The summed E-state index contributed by atoms with van der Waals surface area (Å²) in [5, 5.41) is 5.13. The molecule has 240 valence electrons. The zero-order valence-corrected chi connectivity index (χ0v) is 26.4. The van der Waals surface area contributed by atoms with Gasteiger partial charge in [-0.15, -0.1) is 0 Å². The van der Waals surface area contributed by atoms with Crippen LogP contribution >= 0.6 is 0 Å². The van der Waals surface area contributed by atoms with Gasteiger partial charge in [-0.1, -0.05) is 49.0 Å². The second-order valence-corrected chi connectivity index (χ2v) is 13.2. The van der Waals surface area contributed by atoms with E-state index in [0.717, 1.165) is 55.3 Å². The Balaban J connectivity index is 0.000000293. The Bertz CT molecular complexity index is 1160. The molecule has 2 aliphatic rings. The van der Waals surface area contributed by atoms with E-state index in [1.807, 2.05) is 17.3 Å². The Kier molecular flexibility index (Phi) is 12.1. The molecule has 4 rings (SSSR count). The first-order valence-electron chi connectivity index (χ1n) is 14.8. The lowest BCUT2D eigenvalue weighted by atomic mass is 9.93. The van der Waals surface area contributed by atoms with Gasteiger partial charge in [0.15, 0.2) is 0 Å². The van der Waals surface area contributed by atoms with Crippen molar-refractivity contribution in [1.82, 2.24) is 40.4 Å². The first kappa shape index (κ1) is 35.5. The summed E-state index contributed by atoms with van der Waals surface area (Å²) < 4.78 is 0. The fourth-order valence-corrected chi connectivity index (χ4v) is 5.11. The Morgan fingerprint density at radius 3 is 1.74 bits per heavy atom. The Morgan fingerprint density at radius 2 is 1.30 bits per heavy atom. The lowest BCUT2D eigenvalue weighted by molar-refractivity contribution is -0.133. The number of H-pyrrole nitrogens is 2. The summed E-state index contributed by atoms with van der Waals surface area (Å²) in [7, 11) is 0. The molecular weight excluding hydrogens is 548 g/mol. The Morgan fingerprint density at radius 1 is 0.791 bits per heavy atom. The Labute approximate surface area is 256 Å². The topological polar surface area (TPSA) is 156 Å². The van der Waals surface area contributed by atoms with E-state index in [-0.39, 0.29) is 67.1 Å². The van der Waals surface area contributed by atoms with Gasteiger partial charge in [0.2, 0.25) is 23.6 Å². The first-order valence-corrected chi connectivity index (χ1v) is 14.8. The van der Waals surface area contributed by atoms with Gasteiger partial charge in [-0.05, 0) is 25.7 Å². The van der Waals surface area contributed by atoms with E-state index in [0.29, 0.717) is 6.54 Å². The normalized spacial score (nSPS) is 18.4. The minimum Gasteiger partial charge on any atom is -0.347 e. The van der Waals surface area contributed by atoms with Crippen molar-refractivity contribution in [3.63, 3.8) is 0 Å². The summed E-state index contributed by atoms with van der Waals surface area (Å²) in [6, 6.07) is 0.0252. The molecule has 0 saturated carbocycles. The maximum absolute atomic E-state index is 12.2. The summed E-state index contributed by atoms with van der Waals surface area (Å²) >= 11 is 0. The standard InChI is InChI=1S/2C15H24N4O2.CH4/c1-10(20)16-9-13(21)19-7-5-6-12(19)11-8-17-14(18-11)15(2,3)4;1-10(20)16-9-13(21)19-7-5-6-11(19)14-17-8-12(18-14)15(2,3)4;/h8,12H,5-7,9H2,1-4H3,(H,16,20)(H,17,18);8,11H,5-7,9H2,1-4H3,(H,16,20)(H,17,18);1H4. The van der Waals surface area contributed by atoms with E-state index in [2.05, 4.69) is 72.1 Å². The van der Waals surface area contributed by atoms with Gasteiger partial charge in [0.1, 0.15) is 11.6 Å². The van der Waals surface area contributed by atoms with Crippen LogP contribution in [-0.4, -0.2) is 79.5 Å². The number of imidazole rings is 2. The molecule has 2 aromatic heterocycles. The zero-order valence-electron chi connectivity index (χ0n) is 26.4. The van der Waals surface area contributed by atoms with Gasteiger partial charge in [0.25, 0.3) is 0 Å². The highest BCUT2D eigenvalue weighted by atomic mass is 16.2. The number of nitrogens with zero attached hydrogens (tertiary/aromatic N) is 4. The van der Waals surface area contributed by atoms with E-state index in [1.165, 1.54) is 13.8 Å². The molecule has 2 aromatic rings. The van der Waals surface area contributed by atoms with Crippen LogP contribution in [0.2, 0.25) is 0 Å². The van der Waals surface area contributed by atoms with Crippen molar-refractivity contribution in [3.05, 3.63) is 35.4 Å². The molecule has 12 nitrogen and oxygen atoms in total. The molecule has 0 spiro atoms. The molecule has 2 saturated heterocycles. The maximum atomic E-state index is 12.2. The molecule has 2 aliphatic heterocycles. The number of amides is 4. The van der Waals surface area contributed by atoms with Crippen molar-refractivity contribution in [2.24, 2.45) is 0 Å². The van der Waals surface area contributed by atoms with Gasteiger partial charge in [0.05, 0.1) is 37.1 Å². The minimum absolute atomic E-state index is 0. The van der Waals surface area contributed by atoms with Gasteiger partial charge in [-0.2, -0.15) is 0 Å². The van der Waals surface area contributed by atoms with E-state index >= 15 is 0 Å². The van der Waals surface area contributed by atoms with Crippen LogP contribution in [0.5, 0.6) is 0 Å². The van der Waals surface area contributed by atoms with Crippen molar-refractivity contribution >= 4 is 23.6 Å². The van der Waals surface area contributed by atoms with E-state index in [1.54, 1.807) is 4.90 Å². The van der Waals surface area contributed by atoms with Crippen molar-refractivity contribution in [1.29, 1.82) is 0 Å². The molecule has 4 amide bonds. The molecule has 43 heavy (non-hydrogen) atoms. The quantitative estimate of drug-likeness (QED) is 0.397. The van der Waals surface area contributed by atoms with Crippen LogP contribution in [0.15, 0.2) is 12.4 Å². The molecule has 2 atom stereocenters. The zero-order chi connectivity index (χ0) is 31.2. The fourth-order valence-electron chi connectivity index (χ4n) is 5.11. The van der Waals surface area contributed by atoms with Crippen molar-refractivity contribution in [2.75, 3.05) is 26.2 Å². The maximum Gasteiger partial charge on any atom is 0.242 e. The molecular formula is C31H52N8O4. The average molecular weight is 601 g/mol. The van der Waals surface area contributed by atoms with Crippen LogP contribution in [0.25, 0.3) is 0 Å². The highest BCUT2D eigenvalue weighted by Crippen LogP contribution is 2.33. The second-order valence-electron chi connectivity index (χ2n) is 13.2. The Hall–Kier alpha value is -3.70. The highest BCUT2D eigenvalue weighted by Gasteiger charge is 2.33. The first-order chi connectivity index (χ1) is 19.6. The van der Waals surface area contributed by atoms with Crippen molar-refractivity contribution < 1.29 is 19.2 Å². The van der Waals surface area contributed by atoms with Gasteiger partial charge in [-0.25, -0.2) is 9.97 Å². The van der Waals surface area contributed by atoms with E-state index in [9.17, 15) is 19.2 Å². The molecule has 12 heteroatoms. The SMILES string of the molecule is C.CC(=O)NCC(=O)N1CCCC1c1cnc(C(C)(C)C)[nH]1.CC(=O)NCC(=O)N1CCCC1c1ncc(C(C)(C)C)[nH]1. The van der Waals surface area contributed by atoms with Crippen LogP contribution in [0.1, 0.15) is 124 Å². The predicted molar refractivity (Wildman–Crippen MR) is 166 cm³/mol. The fraction of sp³-hybridized carbons (Fsp3) is 0.677. The van der Waals surface area contributed by atoms with Crippen LogP contribution in [0.4, 0.5) is 0 Å². The van der Waals surface area contributed by atoms with Crippen LogP contribution in [-0.2, 0) is 30.0 Å². The second kappa shape index (κ2) is 14.7. The lowest BCUT2D eigenvalue weighted by Crippen LogP contribution is -2.39. The summed E-state index contributed by atoms with van der Waals surface area (Å²) in [5.74, 6) is 1.30. The van der Waals surface area contributed by atoms with Gasteiger partial charge in [-0.3, -0.25) is 19.2 Å². The third-order valence-corrected chi connectivity index (χ3v) is 7.51. The van der Waals surface area contributed by atoms with E-state index in [4.69, 9.17) is 0 Å².